The largest absolute Gasteiger partial charge is 0.468 e. The summed E-state index contributed by atoms with van der Waals surface area (Å²) in [7, 11) is 3.13. The van der Waals surface area contributed by atoms with Crippen molar-refractivity contribution in [2.24, 2.45) is 0 Å². The number of likely N-dealkylation sites (N-methyl/N-ethyl adjacent to an activating group) is 1. The third kappa shape index (κ3) is 2.31. The van der Waals surface area contributed by atoms with E-state index in [2.05, 4.69) is 4.98 Å². The summed E-state index contributed by atoms with van der Waals surface area (Å²) in [4.78, 5) is 29.7. The van der Waals surface area contributed by atoms with Crippen molar-refractivity contribution in [3.8, 4) is 0 Å². The zero-order valence-corrected chi connectivity index (χ0v) is 12.5. The molecule has 3 rings (SSSR count). The number of rotatable bonds is 3. The molecule has 0 N–H and O–H groups in total. The van der Waals surface area contributed by atoms with Crippen molar-refractivity contribution in [1.82, 2.24) is 4.98 Å². The third-order valence-electron chi connectivity index (χ3n) is 3.65. The molecule has 108 valence electrons. The van der Waals surface area contributed by atoms with Gasteiger partial charge in [-0.25, -0.2) is 4.98 Å². The van der Waals surface area contributed by atoms with Gasteiger partial charge < -0.3 is 9.64 Å². The Morgan fingerprint density at radius 3 is 2.95 bits per heavy atom. The maximum absolute atomic E-state index is 12.1. The number of nitrogens with zero attached hydrogens (tertiary/aromatic N) is 2. The molecule has 0 radical (unpaired) electrons. The third-order valence-corrected chi connectivity index (χ3v) is 4.49. The topological polar surface area (TPSA) is 59.5 Å². The maximum atomic E-state index is 12.1. The first-order valence-corrected chi connectivity index (χ1v) is 7.36. The lowest BCUT2D eigenvalue weighted by molar-refractivity contribution is -0.141. The van der Waals surface area contributed by atoms with E-state index in [1.165, 1.54) is 18.4 Å². The van der Waals surface area contributed by atoms with Crippen LogP contribution in [-0.2, 0) is 20.7 Å². The van der Waals surface area contributed by atoms with Gasteiger partial charge in [0.15, 0.2) is 0 Å². The Morgan fingerprint density at radius 1 is 1.48 bits per heavy atom. The molecule has 2 aromatic rings. The molecular formula is C15H14N2O3S. The SMILES string of the molecule is COC(=O)C(c1ccc2c(c1)CC(=O)N2C)c1nccs1. The van der Waals surface area contributed by atoms with Crippen LogP contribution in [0.3, 0.4) is 0 Å². The highest BCUT2D eigenvalue weighted by molar-refractivity contribution is 7.09. The number of amides is 1. The number of methoxy groups -OCH3 is 1. The van der Waals surface area contributed by atoms with Crippen LogP contribution in [0.2, 0.25) is 0 Å². The Kier molecular flexibility index (Phi) is 3.47. The molecule has 0 saturated carbocycles. The zero-order chi connectivity index (χ0) is 15.0. The van der Waals surface area contributed by atoms with Gasteiger partial charge in [-0.1, -0.05) is 12.1 Å². The van der Waals surface area contributed by atoms with Gasteiger partial charge in [0, 0.05) is 24.3 Å². The van der Waals surface area contributed by atoms with Crippen LogP contribution in [0.5, 0.6) is 0 Å². The number of esters is 1. The van der Waals surface area contributed by atoms with Gasteiger partial charge in [0.1, 0.15) is 10.9 Å². The number of benzene rings is 1. The van der Waals surface area contributed by atoms with Gasteiger partial charge in [-0.2, -0.15) is 0 Å². The minimum Gasteiger partial charge on any atom is -0.468 e. The molecule has 0 spiro atoms. The zero-order valence-electron chi connectivity index (χ0n) is 11.7. The van der Waals surface area contributed by atoms with Gasteiger partial charge in [-0.05, 0) is 17.2 Å². The second kappa shape index (κ2) is 5.29. The highest BCUT2D eigenvalue weighted by Crippen LogP contribution is 2.34. The van der Waals surface area contributed by atoms with E-state index in [9.17, 15) is 9.59 Å². The van der Waals surface area contributed by atoms with Gasteiger partial charge in [0.2, 0.25) is 5.91 Å². The summed E-state index contributed by atoms with van der Waals surface area (Å²) >= 11 is 1.41. The van der Waals surface area contributed by atoms with Crippen LogP contribution in [0, 0.1) is 0 Å². The summed E-state index contributed by atoms with van der Waals surface area (Å²) in [5, 5.41) is 2.52. The summed E-state index contributed by atoms with van der Waals surface area (Å²) in [5.41, 5.74) is 2.63. The van der Waals surface area contributed by atoms with Gasteiger partial charge >= 0.3 is 5.97 Å². The molecule has 1 unspecified atom stereocenters. The predicted molar refractivity (Wildman–Crippen MR) is 79.5 cm³/mol. The van der Waals surface area contributed by atoms with Crippen LogP contribution in [0.15, 0.2) is 29.8 Å². The van der Waals surface area contributed by atoms with Crippen molar-refractivity contribution in [3.63, 3.8) is 0 Å². The lowest BCUT2D eigenvalue weighted by atomic mass is 9.97. The first kappa shape index (κ1) is 13.8. The predicted octanol–water partition coefficient (Wildman–Crippen LogP) is 1.97. The smallest absolute Gasteiger partial charge is 0.320 e. The van der Waals surface area contributed by atoms with Crippen molar-refractivity contribution in [3.05, 3.63) is 45.9 Å². The highest BCUT2D eigenvalue weighted by Gasteiger charge is 2.29. The van der Waals surface area contributed by atoms with Gasteiger partial charge in [-0.15, -0.1) is 11.3 Å². The molecule has 1 aromatic carbocycles. The van der Waals surface area contributed by atoms with Gasteiger partial charge in [0.25, 0.3) is 0 Å². The number of anilines is 1. The van der Waals surface area contributed by atoms with Crippen molar-refractivity contribution in [2.45, 2.75) is 12.3 Å². The Balaban J connectivity index is 2.04. The van der Waals surface area contributed by atoms with Crippen LogP contribution >= 0.6 is 11.3 Å². The molecular weight excluding hydrogens is 288 g/mol. The quantitative estimate of drug-likeness (QED) is 0.813. The monoisotopic (exact) mass is 302 g/mol. The van der Waals surface area contributed by atoms with Crippen LogP contribution in [-0.4, -0.2) is 31.0 Å². The number of carbonyl (C=O) groups excluding carboxylic acids is 2. The average Bonchev–Trinajstić information content (AvgIpc) is 3.09. The van der Waals surface area contributed by atoms with Crippen LogP contribution in [0.1, 0.15) is 22.1 Å². The van der Waals surface area contributed by atoms with Crippen molar-refractivity contribution in [1.29, 1.82) is 0 Å². The van der Waals surface area contributed by atoms with E-state index in [-0.39, 0.29) is 11.9 Å². The fourth-order valence-electron chi connectivity index (χ4n) is 2.54. The number of hydrogen-bond donors (Lipinski definition) is 0. The maximum Gasteiger partial charge on any atom is 0.320 e. The highest BCUT2D eigenvalue weighted by atomic mass is 32.1. The summed E-state index contributed by atoms with van der Waals surface area (Å²) in [6, 6.07) is 5.63. The number of ether oxygens (including phenoxy) is 1. The Morgan fingerprint density at radius 2 is 2.29 bits per heavy atom. The summed E-state index contributed by atoms with van der Waals surface area (Å²) in [6.45, 7) is 0. The fraction of sp³-hybridized carbons (Fsp3) is 0.267. The van der Waals surface area contributed by atoms with E-state index in [0.29, 0.717) is 11.4 Å². The minimum absolute atomic E-state index is 0.0611. The molecule has 1 aliphatic rings. The van der Waals surface area contributed by atoms with Crippen molar-refractivity contribution >= 4 is 28.9 Å². The first-order valence-electron chi connectivity index (χ1n) is 6.48. The van der Waals surface area contributed by atoms with Crippen LogP contribution in [0.4, 0.5) is 5.69 Å². The standard InChI is InChI=1S/C15H14N2O3S/c1-17-11-4-3-9(7-10(11)8-12(17)18)13(15(19)20-2)14-16-5-6-21-14/h3-7,13H,8H2,1-2H3. The molecule has 0 bridgehead atoms. The molecule has 6 heteroatoms. The molecule has 5 nitrogen and oxygen atoms in total. The number of fused-ring (bicyclic) bond motifs is 1. The van der Waals surface area contributed by atoms with E-state index in [1.807, 2.05) is 23.6 Å². The molecule has 21 heavy (non-hydrogen) atoms. The molecule has 0 aliphatic carbocycles. The molecule has 1 aromatic heterocycles. The van der Waals surface area contributed by atoms with E-state index >= 15 is 0 Å². The number of carbonyl (C=O) groups is 2. The number of aromatic nitrogens is 1. The molecule has 1 aliphatic heterocycles. The molecule has 0 fully saturated rings. The fourth-order valence-corrected chi connectivity index (χ4v) is 3.30. The van der Waals surface area contributed by atoms with Crippen LogP contribution in [0.25, 0.3) is 0 Å². The number of thiazole rings is 1. The average molecular weight is 302 g/mol. The van der Waals surface area contributed by atoms with E-state index in [1.54, 1.807) is 18.1 Å². The van der Waals surface area contributed by atoms with Gasteiger partial charge in [-0.3, -0.25) is 9.59 Å². The lowest BCUT2D eigenvalue weighted by Gasteiger charge is -2.15. The molecule has 2 heterocycles. The first-order chi connectivity index (χ1) is 10.1. The second-order valence-corrected chi connectivity index (χ2v) is 5.77. The molecule has 0 saturated heterocycles. The summed E-state index contributed by atoms with van der Waals surface area (Å²) < 4.78 is 4.90. The van der Waals surface area contributed by atoms with Gasteiger partial charge in [0.05, 0.1) is 13.5 Å². The Bertz CT molecular complexity index is 697. The number of hydrogen-bond acceptors (Lipinski definition) is 5. The molecule has 1 amide bonds. The van der Waals surface area contributed by atoms with Crippen LogP contribution < -0.4 is 4.90 Å². The minimum atomic E-state index is -0.540. The summed E-state index contributed by atoms with van der Waals surface area (Å²) in [6.07, 6.45) is 2.03. The second-order valence-electron chi connectivity index (χ2n) is 4.84. The molecule has 1 atom stereocenters. The van der Waals surface area contributed by atoms with Crippen molar-refractivity contribution in [2.75, 3.05) is 19.1 Å². The van der Waals surface area contributed by atoms with E-state index in [0.717, 1.165) is 16.8 Å². The Labute approximate surface area is 126 Å². The normalized spacial score (nSPS) is 15.0. The lowest BCUT2D eigenvalue weighted by Crippen LogP contribution is -2.20. The van der Waals surface area contributed by atoms with E-state index in [4.69, 9.17) is 4.74 Å². The van der Waals surface area contributed by atoms with E-state index < -0.39 is 5.92 Å². The Hall–Kier alpha value is -2.21. The van der Waals surface area contributed by atoms with Crippen molar-refractivity contribution < 1.29 is 14.3 Å². The summed E-state index contributed by atoms with van der Waals surface area (Å²) in [5.74, 6) is -0.824.